The molecule has 4 heterocycles. The summed E-state index contributed by atoms with van der Waals surface area (Å²) in [6.07, 6.45) is -22.7. The average Bonchev–Trinajstić information content (AvgIpc) is 3.14. The Bertz CT molecular complexity index is 1740. The van der Waals surface area contributed by atoms with Gasteiger partial charge >= 0.3 is 0 Å². The molecule has 6 rings (SSSR count). The fourth-order valence-electron chi connectivity index (χ4n) is 6.36. The van der Waals surface area contributed by atoms with Crippen molar-refractivity contribution in [2.45, 2.75) is 106 Å². The van der Waals surface area contributed by atoms with E-state index in [0.717, 1.165) is 0 Å². The van der Waals surface area contributed by atoms with Gasteiger partial charge in [0.15, 0.2) is 29.7 Å². The van der Waals surface area contributed by atoms with Crippen LogP contribution >= 0.6 is 0 Å². The van der Waals surface area contributed by atoms with Crippen molar-refractivity contribution in [2.75, 3.05) is 13.7 Å². The van der Waals surface area contributed by atoms with Gasteiger partial charge in [-0.3, -0.25) is 4.79 Å². The van der Waals surface area contributed by atoms with Crippen LogP contribution in [0.15, 0.2) is 51.7 Å². The maximum absolute atomic E-state index is 13.1. The highest BCUT2D eigenvalue weighted by Gasteiger charge is 2.50. The second-order valence-electron chi connectivity index (χ2n) is 12.9. The van der Waals surface area contributed by atoms with E-state index in [-0.39, 0.29) is 28.2 Å². The Morgan fingerprint density at radius 3 is 2.02 bits per heavy atom. The lowest BCUT2D eigenvalue weighted by atomic mass is 9.97. The van der Waals surface area contributed by atoms with Crippen LogP contribution in [0, 0.1) is 0 Å². The highest BCUT2D eigenvalue weighted by Crippen LogP contribution is 2.40. The standard InChI is InChI=1S/C34H42O18/c1-12-18(35)21(38)25(42)33(47-12)52-28-13(2)48-32(27(44)24(28)41)46-11-17-20(37)22(39)26(43)34(50-17)49-16-10-9-15-19(36)23(40)29(14-7-5-4-6-8-14)51-30(15)31(16)45-3/h4-10,12-13,17-18,20-22,24-28,32-35,37-44H,11H2,1-3H3/t12?,13?,17?,18-,20+,21?,22-,24?,25-,26?,27-,28-,32+,33-,34+/m0/s1. The zero-order valence-electron chi connectivity index (χ0n) is 28.1. The van der Waals surface area contributed by atoms with Gasteiger partial charge in [-0.1, -0.05) is 30.3 Å². The molecule has 0 amide bonds. The number of rotatable bonds is 9. The smallest absolute Gasteiger partial charge is 0.235 e. The maximum atomic E-state index is 13.1. The molecular weight excluding hydrogens is 696 g/mol. The molecule has 3 aliphatic heterocycles. The topological polar surface area (TPSA) is 277 Å². The van der Waals surface area contributed by atoms with Gasteiger partial charge in [-0.05, 0) is 26.0 Å². The highest BCUT2D eigenvalue weighted by atomic mass is 16.7. The van der Waals surface area contributed by atoms with Gasteiger partial charge in [0.25, 0.3) is 0 Å². The summed E-state index contributed by atoms with van der Waals surface area (Å²) < 4.78 is 45.5. The van der Waals surface area contributed by atoms with Crippen LogP contribution in [0.4, 0.5) is 0 Å². The molecule has 286 valence electrons. The maximum Gasteiger partial charge on any atom is 0.235 e. The Morgan fingerprint density at radius 2 is 1.33 bits per heavy atom. The molecule has 0 spiro atoms. The number of ether oxygens (including phenoxy) is 7. The van der Waals surface area contributed by atoms with Crippen LogP contribution in [-0.4, -0.2) is 152 Å². The summed E-state index contributed by atoms with van der Waals surface area (Å²) in [5.74, 6) is -0.964. The summed E-state index contributed by atoms with van der Waals surface area (Å²) in [5, 5.41) is 94.8. The molecule has 52 heavy (non-hydrogen) atoms. The Labute approximate surface area is 295 Å². The van der Waals surface area contributed by atoms with Crippen molar-refractivity contribution in [1.29, 1.82) is 0 Å². The number of aliphatic hydroxyl groups is 8. The fraction of sp³-hybridized carbons (Fsp3) is 0.559. The summed E-state index contributed by atoms with van der Waals surface area (Å²) in [4.78, 5) is 13.1. The Kier molecular flexibility index (Phi) is 11.4. The molecule has 0 aliphatic carbocycles. The molecular formula is C34H42O18. The molecule has 1 aromatic heterocycles. The Morgan fingerprint density at radius 1 is 0.692 bits per heavy atom. The predicted octanol–water partition coefficient (Wildman–Crippen LogP) is -1.94. The SMILES string of the molecule is COc1c(O[C@@H]2OC(CO[C@@H]3OC(C)[C@H](O[C@@H]4OC(C)[C@H](O)C(O)[C@@H]4O)C(O)[C@@H]3O)[C@@H](O)[C@H](O)C2O)ccc2c(=O)c(O)c(-c3ccccc3)oc12. The van der Waals surface area contributed by atoms with Gasteiger partial charge in [0.2, 0.25) is 23.2 Å². The third-order valence-electron chi connectivity index (χ3n) is 9.41. The Hall–Kier alpha value is -3.47. The van der Waals surface area contributed by atoms with Crippen LogP contribution in [0.3, 0.4) is 0 Å². The Balaban J connectivity index is 1.15. The molecule has 15 atom stereocenters. The van der Waals surface area contributed by atoms with Gasteiger partial charge in [0, 0.05) is 5.56 Å². The molecule has 6 unspecified atom stereocenters. The molecule has 18 nitrogen and oxygen atoms in total. The van der Waals surface area contributed by atoms with Crippen LogP contribution in [0.5, 0.6) is 17.2 Å². The number of aliphatic hydroxyl groups excluding tert-OH is 8. The van der Waals surface area contributed by atoms with Gasteiger partial charge in [-0.25, -0.2) is 0 Å². The third kappa shape index (κ3) is 7.10. The number of benzene rings is 2. The molecule has 0 saturated carbocycles. The van der Waals surface area contributed by atoms with Gasteiger partial charge in [0.1, 0.15) is 61.0 Å². The predicted molar refractivity (Wildman–Crippen MR) is 173 cm³/mol. The van der Waals surface area contributed by atoms with Crippen LogP contribution in [0.1, 0.15) is 13.8 Å². The molecule has 3 saturated heterocycles. The second kappa shape index (κ2) is 15.5. The summed E-state index contributed by atoms with van der Waals surface area (Å²) >= 11 is 0. The van der Waals surface area contributed by atoms with Crippen molar-refractivity contribution in [1.82, 2.24) is 0 Å². The second-order valence-corrected chi connectivity index (χ2v) is 12.9. The number of hydrogen-bond acceptors (Lipinski definition) is 18. The number of fused-ring (bicyclic) bond motifs is 1. The van der Waals surface area contributed by atoms with Crippen LogP contribution in [0.25, 0.3) is 22.3 Å². The number of hydrogen-bond donors (Lipinski definition) is 9. The van der Waals surface area contributed by atoms with E-state index in [2.05, 4.69) is 0 Å². The van der Waals surface area contributed by atoms with Gasteiger partial charge in [0.05, 0.1) is 31.3 Å². The fourth-order valence-corrected chi connectivity index (χ4v) is 6.36. The lowest BCUT2D eigenvalue weighted by Gasteiger charge is -2.46. The summed E-state index contributed by atoms with van der Waals surface area (Å²) in [6, 6.07) is 11.0. The highest BCUT2D eigenvalue weighted by molar-refractivity contribution is 5.88. The van der Waals surface area contributed by atoms with E-state index in [0.29, 0.717) is 5.56 Å². The average molecular weight is 739 g/mol. The first-order chi connectivity index (χ1) is 24.7. The van der Waals surface area contributed by atoms with Crippen molar-refractivity contribution >= 4 is 11.0 Å². The summed E-state index contributed by atoms with van der Waals surface area (Å²) in [5.41, 5.74) is -0.437. The van der Waals surface area contributed by atoms with Gasteiger partial charge in [-0.2, -0.15) is 0 Å². The minimum absolute atomic E-state index is 0.0447. The first-order valence-electron chi connectivity index (χ1n) is 16.5. The van der Waals surface area contributed by atoms with E-state index in [1.54, 1.807) is 30.3 Å². The van der Waals surface area contributed by atoms with Crippen LogP contribution in [0.2, 0.25) is 0 Å². The van der Waals surface area contributed by atoms with E-state index in [4.69, 9.17) is 37.6 Å². The van der Waals surface area contributed by atoms with Gasteiger partial charge < -0.3 is 83.5 Å². The molecule has 2 aromatic carbocycles. The lowest BCUT2D eigenvalue weighted by Crippen LogP contribution is -2.63. The minimum Gasteiger partial charge on any atom is -0.502 e. The molecule has 3 aromatic rings. The van der Waals surface area contributed by atoms with E-state index >= 15 is 0 Å². The normalized spacial score (nSPS) is 38.2. The van der Waals surface area contributed by atoms with E-state index in [9.17, 15) is 50.8 Å². The number of aromatic hydroxyl groups is 1. The monoisotopic (exact) mass is 738 g/mol. The molecule has 3 fully saturated rings. The van der Waals surface area contributed by atoms with Gasteiger partial charge in [-0.15, -0.1) is 0 Å². The van der Waals surface area contributed by atoms with Crippen molar-refractivity contribution in [3.63, 3.8) is 0 Å². The number of methoxy groups -OCH3 is 1. The zero-order chi connectivity index (χ0) is 37.6. The van der Waals surface area contributed by atoms with E-state index in [1.807, 2.05) is 0 Å². The van der Waals surface area contributed by atoms with Crippen molar-refractivity contribution in [3.05, 3.63) is 52.7 Å². The van der Waals surface area contributed by atoms with E-state index < -0.39 is 110 Å². The summed E-state index contributed by atoms with van der Waals surface area (Å²) in [7, 11) is 1.27. The summed E-state index contributed by atoms with van der Waals surface area (Å²) in [6.45, 7) is 2.36. The molecule has 9 N–H and O–H groups in total. The quantitative estimate of drug-likeness (QED) is 0.115. The zero-order valence-corrected chi connectivity index (χ0v) is 28.1. The first-order valence-corrected chi connectivity index (χ1v) is 16.5. The third-order valence-corrected chi connectivity index (χ3v) is 9.41. The molecule has 18 heteroatoms. The molecule has 3 aliphatic rings. The van der Waals surface area contributed by atoms with Crippen LogP contribution in [-0.2, 0) is 23.7 Å². The van der Waals surface area contributed by atoms with Crippen LogP contribution < -0.4 is 14.9 Å². The molecule has 0 radical (unpaired) electrons. The largest absolute Gasteiger partial charge is 0.502 e. The van der Waals surface area contributed by atoms with E-state index in [1.165, 1.54) is 33.1 Å². The first kappa shape index (κ1) is 38.3. The van der Waals surface area contributed by atoms with Crippen molar-refractivity contribution in [3.8, 4) is 28.6 Å². The molecule has 0 bridgehead atoms. The minimum atomic E-state index is -1.82. The van der Waals surface area contributed by atoms with Crippen molar-refractivity contribution in [2.24, 2.45) is 0 Å². The van der Waals surface area contributed by atoms with Crippen molar-refractivity contribution < 1.29 is 83.5 Å². The lowest BCUT2D eigenvalue weighted by molar-refractivity contribution is -0.357.